The molecule has 3 aromatic rings. The lowest BCUT2D eigenvalue weighted by atomic mass is 10.2. The van der Waals surface area contributed by atoms with Crippen molar-refractivity contribution in [2.75, 3.05) is 0 Å². The summed E-state index contributed by atoms with van der Waals surface area (Å²) in [6.07, 6.45) is 3.66. The van der Waals surface area contributed by atoms with Crippen molar-refractivity contribution >= 4 is 39.1 Å². The Kier molecular flexibility index (Phi) is 5.51. The molecule has 1 aliphatic rings. The summed E-state index contributed by atoms with van der Waals surface area (Å²) >= 11 is 1.10. The van der Waals surface area contributed by atoms with Crippen molar-refractivity contribution in [3.05, 3.63) is 66.6 Å². The van der Waals surface area contributed by atoms with Crippen LogP contribution in [0.15, 0.2) is 29.1 Å². The highest BCUT2D eigenvalue weighted by Gasteiger charge is 2.22. The van der Waals surface area contributed by atoms with Gasteiger partial charge in [-0.05, 0) is 31.4 Å². The fraction of sp³-hybridized carbons (Fsp3) is 0.300. The number of hydrogen-bond acceptors (Lipinski definition) is 7. The molecule has 3 heterocycles. The minimum atomic E-state index is -0.694. The molecule has 1 aliphatic heterocycles. The van der Waals surface area contributed by atoms with Gasteiger partial charge in [0.15, 0.2) is 0 Å². The summed E-state index contributed by atoms with van der Waals surface area (Å²) in [7, 11) is 0. The lowest BCUT2D eigenvalue weighted by Crippen LogP contribution is -2.41. The Morgan fingerprint density at radius 2 is 1.97 bits per heavy atom. The molecule has 0 saturated heterocycles. The van der Waals surface area contributed by atoms with Crippen LogP contribution in [0.25, 0.3) is 10.2 Å². The largest absolute Gasteiger partial charge is 0.296 e. The van der Waals surface area contributed by atoms with Gasteiger partial charge in [0, 0.05) is 30.7 Å². The van der Waals surface area contributed by atoms with Crippen LogP contribution in [-0.2, 0) is 13.0 Å². The number of rotatable bonds is 3. The maximum atomic E-state index is 13.0. The molecule has 2 aromatic heterocycles. The quantitative estimate of drug-likeness (QED) is 0.473. The van der Waals surface area contributed by atoms with Crippen LogP contribution < -0.4 is 16.4 Å². The second-order valence-corrected chi connectivity index (χ2v) is 8.25. The Labute approximate surface area is 180 Å². The van der Waals surface area contributed by atoms with Crippen LogP contribution in [0, 0.1) is 17.0 Å². The van der Waals surface area contributed by atoms with E-state index in [-0.39, 0.29) is 21.7 Å². The van der Waals surface area contributed by atoms with Gasteiger partial charge in [0.05, 0.1) is 15.2 Å². The van der Waals surface area contributed by atoms with E-state index in [1.165, 1.54) is 18.2 Å². The van der Waals surface area contributed by atoms with Crippen molar-refractivity contribution in [2.24, 2.45) is 0 Å². The van der Waals surface area contributed by atoms with Crippen molar-refractivity contribution in [3.63, 3.8) is 0 Å². The van der Waals surface area contributed by atoms with Crippen LogP contribution in [0.1, 0.15) is 50.7 Å². The van der Waals surface area contributed by atoms with E-state index in [2.05, 4.69) is 15.8 Å². The van der Waals surface area contributed by atoms with E-state index < -0.39 is 16.7 Å². The predicted octanol–water partition coefficient (Wildman–Crippen LogP) is 2.48. The van der Waals surface area contributed by atoms with Gasteiger partial charge >= 0.3 is 0 Å². The fourth-order valence-electron chi connectivity index (χ4n) is 3.63. The first-order valence-electron chi connectivity index (χ1n) is 9.74. The van der Waals surface area contributed by atoms with Crippen LogP contribution >= 0.6 is 11.3 Å². The molecule has 10 nitrogen and oxygen atoms in total. The number of amides is 2. The number of non-ortho nitro benzene ring substituents is 1. The maximum absolute atomic E-state index is 13.0. The average molecular weight is 441 g/mol. The molecule has 0 atom stereocenters. The molecule has 0 saturated carbocycles. The monoisotopic (exact) mass is 441 g/mol. The SMILES string of the molecule is Cc1c(C(=O)NNC(=O)c2cccc([N+](=O)[O-])c2)sc2nc3n(c(=O)c12)CCCCC3. The third kappa shape index (κ3) is 3.91. The summed E-state index contributed by atoms with van der Waals surface area (Å²) in [4.78, 5) is 53.6. The molecule has 0 bridgehead atoms. The fourth-order valence-corrected chi connectivity index (χ4v) is 4.72. The Balaban J connectivity index is 1.57. The lowest BCUT2D eigenvalue weighted by Gasteiger charge is -2.08. The highest BCUT2D eigenvalue weighted by molar-refractivity contribution is 7.20. The Morgan fingerprint density at radius 3 is 2.74 bits per heavy atom. The molecular formula is C20H19N5O5S. The van der Waals surface area contributed by atoms with E-state index >= 15 is 0 Å². The smallest absolute Gasteiger partial charge is 0.280 e. The van der Waals surface area contributed by atoms with Crippen molar-refractivity contribution < 1.29 is 14.5 Å². The second-order valence-electron chi connectivity index (χ2n) is 7.25. The lowest BCUT2D eigenvalue weighted by molar-refractivity contribution is -0.384. The Morgan fingerprint density at radius 1 is 1.19 bits per heavy atom. The van der Waals surface area contributed by atoms with E-state index in [0.29, 0.717) is 22.3 Å². The van der Waals surface area contributed by atoms with Gasteiger partial charge in [0.1, 0.15) is 10.7 Å². The highest BCUT2D eigenvalue weighted by atomic mass is 32.1. The van der Waals surface area contributed by atoms with Crippen LogP contribution in [-0.4, -0.2) is 26.3 Å². The number of nitro benzene ring substituents is 1. The van der Waals surface area contributed by atoms with E-state index in [4.69, 9.17) is 0 Å². The summed E-state index contributed by atoms with van der Waals surface area (Å²) in [5.74, 6) is -0.540. The molecule has 4 rings (SSSR count). The zero-order chi connectivity index (χ0) is 22.1. The first-order valence-corrected chi connectivity index (χ1v) is 10.6. The first-order chi connectivity index (χ1) is 14.9. The number of nitrogens with one attached hydrogen (secondary N) is 2. The third-order valence-corrected chi connectivity index (χ3v) is 6.41. The number of carbonyl (C=O) groups is 2. The van der Waals surface area contributed by atoms with E-state index in [9.17, 15) is 24.5 Å². The number of carbonyl (C=O) groups excluding carboxylic acids is 2. The minimum absolute atomic E-state index is 0.0335. The van der Waals surface area contributed by atoms with Gasteiger partial charge in [-0.25, -0.2) is 4.98 Å². The molecular weight excluding hydrogens is 422 g/mol. The van der Waals surface area contributed by atoms with E-state index in [1.807, 2.05) is 0 Å². The number of nitro groups is 1. The summed E-state index contributed by atoms with van der Waals surface area (Å²) in [6.45, 7) is 2.30. The number of fused-ring (bicyclic) bond motifs is 2. The molecule has 160 valence electrons. The molecule has 0 unspecified atom stereocenters. The highest BCUT2D eigenvalue weighted by Crippen LogP contribution is 2.28. The van der Waals surface area contributed by atoms with Gasteiger partial charge in [-0.1, -0.05) is 12.5 Å². The molecule has 11 heteroatoms. The molecule has 1 aromatic carbocycles. The number of thiophene rings is 1. The minimum Gasteiger partial charge on any atom is -0.296 e. The number of aryl methyl sites for hydroxylation is 2. The summed E-state index contributed by atoms with van der Waals surface area (Å²) in [5.41, 5.74) is 4.74. The topological polar surface area (TPSA) is 136 Å². The molecule has 2 N–H and O–H groups in total. The Bertz CT molecular complexity index is 1280. The van der Waals surface area contributed by atoms with E-state index in [0.717, 1.165) is 48.9 Å². The molecule has 0 aliphatic carbocycles. The normalized spacial score (nSPS) is 13.3. The standard InChI is InChI=1S/C20H19N5O5S/c1-11-15-19(21-14-8-3-2-4-9-24(14)20(15)28)31-16(11)18(27)23-22-17(26)12-6-5-7-13(10-12)25(29)30/h5-7,10H,2-4,8-9H2,1H3,(H,22,26)(H,23,27). The van der Waals surface area contributed by atoms with Gasteiger partial charge < -0.3 is 0 Å². The van der Waals surface area contributed by atoms with Gasteiger partial charge in [0.2, 0.25) is 0 Å². The van der Waals surface area contributed by atoms with Gasteiger partial charge in [0.25, 0.3) is 23.1 Å². The molecule has 2 amide bonds. The number of hydrazine groups is 1. The summed E-state index contributed by atoms with van der Waals surface area (Å²) in [6, 6.07) is 5.17. The van der Waals surface area contributed by atoms with Crippen LogP contribution in [0.5, 0.6) is 0 Å². The zero-order valence-corrected chi connectivity index (χ0v) is 17.5. The van der Waals surface area contributed by atoms with E-state index in [1.54, 1.807) is 11.5 Å². The molecule has 31 heavy (non-hydrogen) atoms. The van der Waals surface area contributed by atoms with Crippen LogP contribution in [0.3, 0.4) is 0 Å². The average Bonchev–Trinajstić information content (AvgIpc) is 2.93. The van der Waals surface area contributed by atoms with Crippen molar-refractivity contribution in [1.29, 1.82) is 0 Å². The van der Waals surface area contributed by atoms with Crippen LogP contribution in [0.2, 0.25) is 0 Å². The van der Waals surface area contributed by atoms with Crippen molar-refractivity contribution in [3.8, 4) is 0 Å². The number of benzene rings is 1. The second kappa shape index (κ2) is 8.26. The van der Waals surface area contributed by atoms with Gasteiger partial charge in [-0.3, -0.25) is 39.9 Å². The predicted molar refractivity (Wildman–Crippen MR) is 114 cm³/mol. The summed E-state index contributed by atoms with van der Waals surface area (Å²) < 4.78 is 1.70. The van der Waals surface area contributed by atoms with Gasteiger partial charge in [-0.2, -0.15) is 0 Å². The number of nitrogens with zero attached hydrogens (tertiary/aromatic N) is 3. The molecule has 0 radical (unpaired) electrons. The van der Waals surface area contributed by atoms with Crippen molar-refractivity contribution in [1.82, 2.24) is 20.4 Å². The molecule has 0 spiro atoms. The summed E-state index contributed by atoms with van der Waals surface area (Å²) in [5, 5.41) is 11.3. The first kappa shape index (κ1) is 20.7. The van der Waals surface area contributed by atoms with Crippen LogP contribution in [0.4, 0.5) is 5.69 Å². The molecule has 0 fully saturated rings. The zero-order valence-electron chi connectivity index (χ0n) is 16.6. The number of aromatic nitrogens is 2. The van der Waals surface area contributed by atoms with Crippen molar-refractivity contribution in [2.45, 2.75) is 39.2 Å². The maximum Gasteiger partial charge on any atom is 0.280 e. The third-order valence-electron chi connectivity index (χ3n) is 5.23. The van der Waals surface area contributed by atoms with Gasteiger partial charge in [-0.15, -0.1) is 11.3 Å². The Hall–Kier alpha value is -3.60. The number of hydrogen-bond donors (Lipinski definition) is 2.